The van der Waals surface area contributed by atoms with Gasteiger partial charge in [0.2, 0.25) is 0 Å². The van der Waals surface area contributed by atoms with Crippen LogP contribution in [0, 0.1) is 0 Å². The van der Waals surface area contributed by atoms with E-state index in [-0.39, 0.29) is 0 Å². The van der Waals surface area contributed by atoms with E-state index in [1.54, 1.807) is 13.4 Å². The van der Waals surface area contributed by atoms with Gasteiger partial charge in [0.15, 0.2) is 0 Å². The molecule has 1 aromatic heterocycles. The van der Waals surface area contributed by atoms with E-state index in [1.165, 1.54) is 18.4 Å². The first-order valence-corrected chi connectivity index (χ1v) is 6.52. The summed E-state index contributed by atoms with van der Waals surface area (Å²) in [4.78, 5) is 8.18. The molecule has 0 amide bonds. The van der Waals surface area contributed by atoms with Crippen molar-refractivity contribution in [1.82, 2.24) is 15.3 Å². The maximum atomic E-state index is 5.31. The number of nitrogens with zero attached hydrogens (tertiary/aromatic N) is 2. The molecule has 1 fully saturated rings. The minimum atomic E-state index is 0.686. The Balaban J connectivity index is 1.92. The Morgan fingerprint density at radius 1 is 1.26 bits per heavy atom. The van der Waals surface area contributed by atoms with Gasteiger partial charge in [-0.05, 0) is 36.1 Å². The Hall–Kier alpha value is -1.94. The molecule has 0 atom stereocenters. The average molecular weight is 255 g/mol. The topological polar surface area (TPSA) is 47.0 Å². The van der Waals surface area contributed by atoms with Crippen LogP contribution in [0.3, 0.4) is 0 Å². The lowest BCUT2D eigenvalue weighted by Gasteiger charge is -2.12. The second-order valence-electron chi connectivity index (χ2n) is 4.81. The Kier molecular flexibility index (Phi) is 3.42. The Labute approximate surface area is 112 Å². The van der Waals surface area contributed by atoms with Gasteiger partial charge in [-0.15, -0.1) is 0 Å². The quantitative estimate of drug-likeness (QED) is 0.891. The molecule has 0 spiro atoms. The number of aromatic nitrogens is 2. The average Bonchev–Trinajstić information content (AvgIpc) is 3.30. The molecule has 4 nitrogen and oxygen atoms in total. The fourth-order valence-electron chi connectivity index (χ4n) is 2.10. The van der Waals surface area contributed by atoms with Crippen molar-refractivity contribution in [3.05, 3.63) is 42.5 Å². The van der Waals surface area contributed by atoms with Gasteiger partial charge in [-0.1, -0.05) is 6.07 Å². The van der Waals surface area contributed by atoms with E-state index in [0.717, 1.165) is 23.4 Å². The molecule has 19 heavy (non-hydrogen) atoms. The summed E-state index contributed by atoms with van der Waals surface area (Å²) in [7, 11) is 1.69. The lowest BCUT2D eigenvalue weighted by atomic mass is 10.0. The molecule has 1 N–H and O–H groups in total. The standard InChI is InChI=1S/C15H17N3O/c1-19-14-4-5-15(12-7-16-10-17-8-12)11(6-14)9-18-13-2-3-13/h4-8,10,13,18H,2-3,9H2,1H3. The van der Waals surface area contributed by atoms with E-state index >= 15 is 0 Å². The van der Waals surface area contributed by atoms with Crippen LogP contribution in [0.25, 0.3) is 11.1 Å². The van der Waals surface area contributed by atoms with E-state index in [4.69, 9.17) is 4.74 Å². The maximum absolute atomic E-state index is 5.31. The minimum absolute atomic E-state index is 0.686. The summed E-state index contributed by atoms with van der Waals surface area (Å²) in [6.07, 6.45) is 7.81. The Morgan fingerprint density at radius 2 is 2.05 bits per heavy atom. The molecular weight excluding hydrogens is 238 g/mol. The van der Waals surface area contributed by atoms with Crippen LogP contribution in [0.2, 0.25) is 0 Å². The number of benzene rings is 1. The van der Waals surface area contributed by atoms with Crippen molar-refractivity contribution < 1.29 is 4.74 Å². The van der Waals surface area contributed by atoms with E-state index < -0.39 is 0 Å². The van der Waals surface area contributed by atoms with Crippen molar-refractivity contribution in [1.29, 1.82) is 0 Å². The first-order chi connectivity index (χ1) is 9.36. The molecule has 3 rings (SSSR count). The van der Waals surface area contributed by atoms with Crippen LogP contribution in [-0.4, -0.2) is 23.1 Å². The summed E-state index contributed by atoms with van der Waals surface area (Å²) in [5, 5.41) is 3.54. The molecule has 2 aromatic rings. The lowest BCUT2D eigenvalue weighted by Crippen LogP contribution is -2.16. The Bertz CT molecular complexity index is 553. The summed E-state index contributed by atoms with van der Waals surface area (Å²) in [5.41, 5.74) is 3.42. The van der Waals surface area contributed by atoms with Gasteiger partial charge in [-0.3, -0.25) is 0 Å². The van der Waals surface area contributed by atoms with Crippen LogP contribution in [0.15, 0.2) is 36.9 Å². The molecule has 1 saturated carbocycles. The normalized spacial score (nSPS) is 14.4. The van der Waals surface area contributed by atoms with E-state index in [9.17, 15) is 0 Å². The van der Waals surface area contributed by atoms with Crippen molar-refractivity contribution in [3.8, 4) is 16.9 Å². The van der Waals surface area contributed by atoms with Crippen molar-refractivity contribution in [2.45, 2.75) is 25.4 Å². The molecule has 1 aromatic carbocycles. The third kappa shape index (κ3) is 2.90. The van der Waals surface area contributed by atoms with E-state index in [2.05, 4.69) is 27.4 Å². The van der Waals surface area contributed by atoms with Crippen molar-refractivity contribution >= 4 is 0 Å². The molecule has 0 saturated heterocycles. The number of ether oxygens (including phenoxy) is 1. The van der Waals surface area contributed by atoms with Gasteiger partial charge >= 0.3 is 0 Å². The molecule has 1 aliphatic rings. The molecule has 0 bridgehead atoms. The van der Waals surface area contributed by atoms with Crippen LogP contribution in [0.4, 0.5) is 0 Å². The molecule has 98 valence electrons. The van der Waals surface area contributed by atoms with Crippen molar-refractivity contribution in [3.63, 3.8) is 0 Å². The zero-order chi connectivity index (χ0) is 13.1. The van der Waals surface area contributed by atoms with Gasteiger partial charge in [-0.2, -0.15) is 0 Å². The number of hydrogen-bond acceptors (Lipinski definition) is 4. The molecule has 0 aliphatic heterocycles. The molecule has 1 heterocycles. The zero-order valence-corrected chi connectivity index (χ0v) is 11.0. The van der Waals surface area contributed by atoms with Gasteiger partial charge in [-0.25, -0.2) is 9.97 Å². The summed E-state index contributed by atoms with van der Waals surface area (Å²) in [6.45, 7) is 0.853. The lowest BCUT2D eigenvalue weighted by molar-refractivity contribution is 0.414. The van der Waals surface area contributed by atoms with Crippen LogP contribution in [0.5, 0.6) is 5.75 Å². The maximum Gasteiger partial charge on any atom is 0.119 e. The van der Waals surface area contributed by atoms with E-state index in [0.29, 0.717) is 6.04 Å². The Morgan fingerprint density at radius 3 is 2.74 bits per heavy atom. The molecule has 0 radical (unpaired) electrons. The summed E-state index contributed by atoms with van der Waals surface area (Å²) >= 11 is 0. The monoisotopic (exact) mass is 255 g/mol. The number of rotatable bonds is 5. The highest BCUT2D eigenvalue weighted by Gasteiger charge is 2.20. The summed E-state index contributed by atoms with van der Waals surface area (Å²) in [5.74, 6) is 0.883. The highest BCUT2D eigenvalue weighted by atomic mass is 16.5. The highest BCUT2D eigenvalue weighted by Crippen LogP contribution is 2.27. The fraction of sp³-hybridized carbons (Fsp3) is 0.333. The third-order valence-electron chi connectivity index (χ3n) is 3.34. The van der Waals surface area contributed by atoms with Gasteiger partial charge in [0.05, 0.1) is 7.11 Å². The van der Waals surface area contributed by atoms with Crippen LogP contribution in [-0.2, 0) is 6.54 Å². The zero-order valence-electron chi connectivity index (χ0n) is 11.0. The first kappa shape index (κ1) is 12.1. The largest absolute Gasteiger partial charge is 0.497 e. The number of nitrogens with one attached hydrogen (secondary N) is 1. The van der Waals surface area contributed by atoms with Crippen LogP contribution < -0.4 is 10.1 Å². The number of hydrogen-bond donors (Lipinski definition) is 1. The van der Waals surface area contributed by atoms with Crippen molar-refractivity contribution in [2.24, 2.45) is 0 Å². The summed E-state index contributed by atoms with van der Waals surface area (Å²) < 4.78 is 5.31. The van der Waals surface area contributed by atoms with Gasteiger partial charge < -0.3 is 10.1 Å². The molecule has 1 aliphatic carbocycles. The predicted molar refractivity (Wildman–Crippen MR) is 73.9 cm³/mol. The molecule has 0 unspecified atom stereocenters. The third-order valence-corrected chi connectivity index (χ3v) is 3.34. The molecular formula is C15H17N3O. The van der Waals surface area contributed by atoms with Gasteiger partial charge in [0, 0.05) is 30.5 Å². The molecule has 4 heteroatoms. The smallest absolute Gasteiger partial charge is 0.119 e. The first-order valence-electron chi connectivity index (χ1n) is 6.52. The fourth-order valence-corrected chi connectivity index (χ4v) is 2.10. The second-order valence-corrected chi connectivity index (χ2v) is 4.81. The summed E-state index contributed by atoms with van der Waals surface area (Å²) in [6, 6.07) is 6.81. The number of methoxy groups -OCH3 is 1. The predicted octanol–water partition coefficient (Wildman–Crippen LogP) is 2.40. The van der Waals surface area contributed by atoms with Crippen molar-refractivity contribution in [2.75, 3.05) is 7.11 Å². The highest BCUT2D eigenvalue weighted by molar-refractivity contribution is 5.66. The minimum Gasteiger partial charge on any atom is -0.497 e. The van der Waals surface area contributed by atoms with E-state index in [1.807, 2.05) is 18.5 Å². The van der Waals surface area contributed by atoms with Gasteiger partial charge in [0.25, 0.3) is 0 Å². The van der Waals surface area contributed by atoms with Crippen LogP contribution >= 0.6 is 0 Å². The second kappa shape index (κ2) is 5.36. The van der Waals surface area contributed by atoms with Crippen LogP contribution in [0.1, 0.15) is 18.4 Å². The van der Waals surface area contributed by atoms with Gasteiger partial charge in [0.1, 0.15) is 12.1 Å². The SMILES string of the molecule is COc1ccc(-c2cncnc2)c(CNC2CC2)c1.